The summed E-state index contributed by atoms with van der Waals surface area (Å²) in [4.78, 5) is 0. The van der Waals surface area contributed by atoms with Gasteiger partial charge in [0.25, 0.3) is 0 Å². The van der Waals surface area contributed by atoms with E-state index in [4.69, 9.17) is 9.05 Å². The molecule has 3 N–H and O–H groups in total. The van der Waals surface area contributed by atoms with Crippen LogP contribution in [0.2, 0.25) is 0 Å². The lowest BCUT2D eigenvalue weighted by atomic mass is 9.85. The Balaban J connectivity index is 2.04. The first kappa shape index (κ1) is 27.2. The number of aromatic nitrogens is 2. The Morgan fingerprint density at radius 2 is 1.94 bits per heavy atom. The van der Waals surface area contributed by atoms with Crippen molar-refractivity contribution in [2.24, 2.45) is 5.41 Å². The Bertz CT molecular complexity index is 938. The summed E-state index contributed by atoms with van der Waals surface area (Å²) < 4.78 is 13.8. The number of aliphatic hydroxyl groups excluding tert-OH is 1. The summed E-state index contributed by atoms with van der Waals surface area (Å²) in [7, 11) is 0. The third-order valence-corrected chi connectivity index (χ3v) is 7.56. The number of aliphatic hydroxyl groups is 1. The van der Waals surface area contributed by atoms with Crippen LogP contribution in [0.3, 0.4) is 0 Å². The monoisotopic (exact) mass is 495 g/mol. The summed E-state index contributed by atoms with van der Waals surface area (Å²) in [6.07, 6.45) is 1.75. The molecule has 0 aliphatic carbocycles. The number of anilines is 1. The van der Waals surface area contributed by atoms with E-state index in [-0.39, 0.29) is 11.5 Å². The van der Waals surface area contributed by atoms with E-state index >= 15 is 0 Å². The Hall–Kier alpha value is -2.04. The summed E-state index contributed by atoms with van der Waals surface area (Å²) in [6, 6.07) is 1.93. The number of allylic oxidation sites excluding steroid dienone is 2. The minimum Gasteiger partial charge on any atom is -0.511 e. The topological polar surface area (TPSA) is 99.6 Å². The molecular weight excluding hydrogens is 458 g/mol. The number of nitrogens with zero attached hydrogens (tertiary/aromatic N) is 3. The maximum atomic E-state index is 10.0. The van der Waals surface area contributed by atoms with Crippen molar-refractivity contribution in [3.63, 3.8) is 0 Å². The predicted octanol–water partition coefficient (Wildman–Crippen LogP) is 6.59. The van der Waals surface area contributed by atoms with Gasteiger partial charge >= 0.3 is 0 Å². The molecule has 0 saturated heterocycles. The van der Waals surface area contributed by atoms with Gasteiger partial charge in [0.15, 0.2) is 5.82 Å². The zero-order valence-electron chi connectivity index (χ0n) is 20.9. The molecule has 33 heavy (non-hydrogen) atoms. The van der Waals surface area contributed by atoms with Crippen molar-refractivity contribution in [1.29, 1.82) is 0 Å². The van der Waals surface area contributed by atoms with Crippen LogP contribution in [0.15, 0.2) is 42.5 Å². The molecule has 0 amide bonds. The minimum absolute atomic E-state index is 0.0960. The van der Waals surface area contributed by atoms with E-state index < -0.39 is 0 Å². The Morgan fingerprint density at radius 3 is 2.48 bits per heavy atom. The molecule has 0 radical (unpaired) electrons. The van der Waals surface area contributed by atoms with E-state index in [2.05, 4.69) is 59.9 Å². The molecule has 2 heterocycles. The van der Waals surface area contributed by atoms with Gasteiger partial charge in [-0.3, -0.25) is 0 Å². The fourth-order valence-corrected chi connectivity index (χ4v) is 4.73. The van der Waals surface area contributed by atoms with Gasteiger partial charge in [0.05, 0.1) is 23.1 Å². The highest BCUT2D eigenvalue weighted by molar-refractivity contribution is 8.22. The average Bonchev–Trinajstić information content (AvgIpc) is 3.37. The molecule has 2 aromatic rings. The van der Waals surface area contributed by atoms with Crippen LogP contribution in [-0.2, 0) is 6.54 Å². The van der Waals surface area contributed by atoms with Crippen LogP contribution in [0.5, 0.6) is 0 Å². The largest absolute Gasteiger partial charge is 0.511 e. The Kier molecular flexibility index (Phi) is 10.2. The van der Waals surface area contributed by atoms with Gasteiger partial charge in [-0.05, 0) is 60.3 Å². The highest BCUT2D eigenvalue weighted by atomic mass is 32.2. The average molecular weight is 496 g/mol. The molecule has 2 rings (SSSR count). The van der Waals surface area contributed by atoms with E-state index in [9.17, 15) is 5.11 Å². The summed E-state index contributed by atoms with van der Waals surface area (Å²) in [5.74, 6) is 1.74. The number of furan rings is 1. The fourth-order valence-electron chi connectivity index (χ4n) is 2.94. The van der Waals surface area contributed by atoms with Crippen molar-refractivity contribution >= 4 is 29.5 Å². The van der Waals surface area contributed by atoms with Gasteiger partial charge in [0.1, 0.15) is 17.2 Å². The van der Waals surface area contributed by atoms with Crippen molar-refractivity contribution in [2.75, 3.05) is 18.4 Å². The lowest BCUT2D eigenvalue weighted by Crippen LogP contribution is -2.26. The molecule has 0 aliphatic rings. The molecule has 184 valence electrons. The molecule has 0 saturated carbocycles. The zero-order chi connectivity index (χ0) is 24.6. The molecule has 10 heteroatoms. The van der Waals surface area contributed by atoms with E-state index in [1.54, 1.807) is 25.1 Å². The smallest absolute Gasteiger partial charge is 0.196 e. The first-order valence-corrected chi connectivity index (χ1v) is 12.7. The fraction of sp³-hybridized carbons (Fsp3) is 0.565. The predicted molar refractivity (Wildman–Crippen MR) is 138 cm³/mol. The highest BCUT2D eigenvalue weighted by Crippen LogP contribution is 2.37. The van der Waals surface area contributed by atoms with Crippen LogP contribution in [0.25, 0.3) is 0 Å². The van der Waals surface area contributed by atoms with Crippen molar-refractivity contribution < 1.29 is 14.2 Å². The van der Waals surface area contributed by atoms with E-state index in [1.807, 2.05) is 25.3 Å². The summed E-state index contributed by atoms with van der Waals surface area (Å²) in [5.41, 5.74) is 2.58. The van der Waals surface area contributed by atoms with Gasteiger partial charge in [-0.2, -0.15) is 0 Å². The van der Waals surface area contributed by atoms with E-state index in [0.29, 0.717) is 23.8 Å². The first-order chi connectivity index (χ1) is 15.5. The standard InChI is InChI=1S/C23H37N5O3S2/c1-9-28(10-2)33-22(17(5)29)32-14-16(4)24-12-18-21(27-31-26-18)25-20(23(6,7)8)19-11-15(3)13-30-19/h11,13-14,20,24,29H,9-10,12H2,1-8H3,(H,25,27)/b16-14+,22-17-. The van der Waals surface area contributed by atoms with E-state index in [1.165, 1.54) is 11.8 Å². The summed E-state index contributed by atoms with van der Waals surface area (Å²) >= 11 is 3.05. The second-order valence-electron chi connectivity index (χ2n) is 8.88. The highest BCUT2D eigenvalue weighted by Gasteiger charge is 2.30. The number of rotatable bonds is 12. The van der Waals surface area contributed by atoms with Crippen molar-refractivity contribution in [3.05, 3.63) is 50.4 Å². The van der Waals surface area contributed by atoms with Crippen molar-refractivity contribution in [3.8, 4) is 0 Å². The second-order valence-corrected chi connectivity index (χ2v) is 11.1. The molecular formula is C23H37N5O3S2. The summed E-state index contributed by atoms with van der Waals surface area (Å²) in [6.45, 7) is 18.6. The molecule has 1 unspecified atom stereocenters. The number of hydrogen-bond donors (Lipinski definition) is 3. The number of nitrogens with one attached hydrogen (secondary N) is 2. The van der Waals surface area contributed by atoms with Crippen molar-refractivity contribution in [1.82, 2.24) is 19.9 Å². The second kappa shape index (κ2) is 12.4. The molecule has 0 aromatic carbocycles. The van der Waals surface area contributed by atoms with Gasteiger partial charge in [0.2, 0.25) is 0 Å². The number of thioether (sulfide) groups is 1. The number of aryl methyl sites for hydroxylation is 1. The minimum atomic E-state index is -0.117. The van der Waals surface area contributed by atoms with Gasteiger partial charge in [0, 0.05) is 18.8 Å². The molecule has 1 atom stereocenters. The third kappa shape index (κ3) is 8.35. The SMILES string of the molecule is CCN(CC)S/C(S/C=C(\C)NCc1nonc1NC(c1cc(C)co1)C(C)(C)C)=C(/C)O. The molecule has 0 aliphatic heterocycles. The normalized spacial score (nSPS) is 14.4. The van der Waals surface area contributed by atoms with Gasteiger partial charge < -0.3 is 20.2 Å². The van der Waals surface area contributed by atoms with Crippen LogP contribution in [0, 0.1) is 12.3 Å². The van der Waals surface area contributed by atoms with Gasteiger partial charge in [-0.1, -0.05) is 51.5 Å². The molecule has 8 nitrogen and oxygen atoms in total. The van der Waals surface area contributed by atoms with Crippen LogP contribution < -0.4 is 10.6 Å². The Labute approximate surface area is 205 Å². The van der Waals surface area contributed by atoms with Crippen LogP contribution >= 0.6 is 23.7 Å². The lowest BCUT2D eigenvalue weighted by molar-refractivity contribution is 0.293. The van der Waals surface area contributed by atoms with Crippen LogP contribution in [0.4, 0.5) is 5.82 Å². The summed E-state index contributed by atoms with van der Waals surface area (Å²) in [5, 5.41) is 27.0. The first-order valence-electron chi connectivity index (χ1n) is 11.1. The molecule has 0 spiro atoms. The van der Waals surface area contributed by atoms with E-state index in [0.717, 1.165) is 34.3 Å². The van der Waals surface area contributed by atoms with Gasteiger partial charge in [-0.15, -0.1) is 0 Å². The van der Waals surface area contributed by atoms with Crippen molar-refractivity contribution in [2.45, 2.75) is 68.0 Å². The molecule has 0 fully saturated rings. The number of hydrogen-bond acceptors (Lipinski definition) is 10. The third-order valence-electron chi connectivity index (χ3n) is 4.83. The maximum absolute atomic E-state index is 10.0. The molecule has 2 aromatic heterocycles. The Morgan fingerprint density at radius 1 is 1.24 bits per heavy atom. The molecule has 0 bridgehead atoms. The zero-order valence-corrected chi connectivity index (χ0v) is 22.5. The quantitative estimate of drug-likeness (QED) is 0.221. The van der Waals surface area contributed by atoms with Crippen LogP contribution in [0.1, 0.15) is 71.5 Å². The maximum Gasteiger partial charge on any atom is 0.196 e. The van der Waals surface area contributed by atoms with Gasteiger partial charge in [-0.25, -0.2) is 8.93 Å². The van der Waals surface area contributed by atoms with Crippen LogP contribution in [-0.4, -0.2) is 32.8 Å². The lowest BCUT2D eigenvalue weighted by Gasteiger charge is -2.29.